The predicted octanol–water partition coefficient (Wildman–Crippen LogP) is 3.00. The van der Waals surface area contributed by atoms with Gasteiger partial charge in [0.1, 0.15) is 5.75 Å². The molecule has 0 saturated carbocycles. The van der Waals surface area contributed by atoms with Crippen molar-refractivity contribution in [2.24, 2.45) is 5.41 Å². The molecule has 1 heterocycles. The first-order valence-corrected chi connectivity index (χ1v) is 8.28. The lowest BCUT2D eigenvalue weighted by molar-refractivity contribution is 0.189. The average Bonchev–Trinajstić information content (AvgIpc) is 2.68. The molecule has 0 bridgehead atoms. The highest BCUT2D eigenvalue weighted by atomic mass is 16.5. The van der Waals surface area contributed by atoms with E-state index in [1.165, 1.54) is 0 Å². The minimum Gasteiger partial charge on any atom is -0.493 e. The van der Waals surface area contributed by atoms with Crippen molar-refractivity contribution in [3.63, 3.8) is 0 Å². The summed E-state index contributed by atoms with van der Waals surface area (Å²) in [6, 6.07) is 7.26. The molecule has 2 atom stereocenters. The fraction of sp³-hybridized carbons (Fsp3) is 0.611. The van der Waals surface area contributed by atoms with Crippen LogP contribution in [0.25, 0.3) is 0 Å². The van der Waals surface area contributed by atoms with E-state index in [0.717, 1.165) is 30.6 Å². The molecule has 1 aromatic rings. The lowest BCUT2D eigenvalue weighted by atomic mass is 9.88. The molecule has 0 radical (unpaired) electrons. The van der Waals surface area contributed by atoms with E-state index in [4.69, 9.17) is 4.74 Å². The van der Waals surface area contributed by atoms with Gasteiger partial charge < -0.3 is 20.5 Å². The van der Waals surface area contributed by atoms with Crippen LogP contribution in [0.4, 0.5) is 4.79 Å². The van der Waals surface area contributed by atoms with Gasteiger partial charge in [-0.2, -0.15) is 0 Å². The Kier molecular flexibility index (Phi) is 5.88. The van der Waals surface area contributed by atoms with Crippen LogP contribution < -0.4 is 15.4 Å². The second-order valence-corrected chi connectivity index (χ2v) is 7.34. The molecule has 5 nitrogen and oxygen atoms in total. The second-order valence-electron chi connectivity index (χ2n) is 7.34. The third-order valence-electron chi connectivity index (χ3n) is 3.91. The van der Waals surface area contributed by atoms with Gasteiger partial charge in [-0.1, -0.05) is 39.0 Å². The van der Waals surface area contributed by atoms with E-state index in [1.807, 2.05) is 24.3 Å². The SMILES string of the molecule is CC(C)(C)CC(CO)NC(=O)NC1CCCOc2ccccc21. The molecule has 5 heteroatoms. The Labute approximate surface area is 138 Å². The predicted molar refractivity (Wildman–Crippen MR) is 90.5 cm³/mol. The summed E-state index contributed by atoms with van der Waals surface area (Å²) in [7, 11) is 0. The number of nitrogens with one attached hydrogen (secondary N) is 2. The summed E-state index contributed by atoms with van der Waals surface area (Å²) >= 11 is 0. The van der Waals surface area contributed by atoms with Crippen LogP contribution in [0.5, 0.6) is 5.75 Å². The van der Waals surface area contributed by atoms with E-state index < -0.39 is 0 Å². The Morgan fingerprint density at radius 3 is 2.83 bits per heavy atom. The standard InChI is InChI=1S/C18H28N2O3/c1-18(2,3)11-13(12-21)19-17(22)20-15-8-6-10-23-16-9-5-4-7-14(15)16/h4-5,7,9,13,15,21H,6,8,10-12H2,1-3H3,(H2,19,20,22). The maximum atomic E-state index is 12.3. The zero-order valence-electron chi connectivity index (χ0n) is 14.3. The normalized spacial score (nSPS) is 19.0. The van der Waals surface area contributed by atoms with E-state index in [2.05, 4.69) is 31.4 Å². The van der Waals surface area contributed by atoms with Gasteiger partial charge in [0.05, 0.1) is 25.3 Å². The number of amides is 2. The molecule has 0 fully saturated rings. The van der Waals surface area contributed by atoms with Gasteiger partial charge >= 0.3 is 6.03 Å². The molecule has 0 aromatic heterocycles. The molecular formula is C18H28N2O3. The van der Waals surface area contributed by atoms with Gasteiger partial charge in [-0.05, 0) is 30.7 Å². The van der Waals surface area contributed by atoms with Crippen molar-refractivity contribution in [1.82, 2.24) is 10.6 Å². The maximum Gasteiger partial charge on any atom is 0.315 e. The summed E-state index contributed by atoms with van der Waals surface area (Å²) in [6.45, 7) is 6.88. The molecule has 0 aliphatic carbocycles. The van der Waals surface area contributed by atoms with E-state index in [0.29, 0.717) is 6.61 Å². The first-order valence-electron chi connectivity index (χ1n) is 8.28. The zero-order chi connectivity index (χ0) is 16.9. The molecule has 1 aromatic carbocycles. The molecule has 2 rings (SSSR count). The number of benzene rings is 1. The number of carbonyl (C=O) groups is 1. The smallest absolute Gasteiger partial charge is 0.315 e. The van der Waals surface area contributed by atoms with Crippen LogP contribution in [0.2, 0.25) is 0 Å². The summed E-state index contributed by atoms with van der Waals surface area (Å²) in [5.74, 6) is 0.837. The first kappa shape index (κ1) is 17.6. The van der Waals surface area contributed by atoms with Crippen LogP contribution >= 0.6 is 0 Å². The minimum atomic E-state index is -0.243. The molecule has 2 amide bonds. The maximum absolute atomic E-state index is 12.3. The van der Waals surface area contributed by atoms with Gasteiger partial charge in [-0.3, -0.25) is 0 Å². The van der Waals surface area contributed by atoms with Gasteiger partial charge in [0, 0.05) is 5.56 Å². The van der Waals surface area contributed by atoms with Crippen molar-refractivity contribution < 1.29 is 14.6 Å². The summed E-state index contributed by atoms with van der Waals surface area (Å²) < 4.78 is 5.72. The van der Waals surface area contributed by atoms with Crippen molar-refractivity contribution in [1.29, 1.82) is 0 Å². The molecule has 3 N–H and O–H groups in total. The molecule has 128 valence electrons. The Morgan fingerprint density at radius 1 is 1.39 bits per heavy atom. The number of hydrogen-bond acceptors (Lipinski definition) is 3. The third kappa shape index (κ3) is 5.43. The first-order chi connectivity index (χ1) is 10.9. The second kappa shape index (κ2) is 7.68. The molecular weight excluding hydrogens is 292 g/mol. The lowest BCUT2D eigenvalue weighted by Gasteiger charge is -2.26. The number of aliphatic hydroxyl groups is 1. The van der Waals surface area contributed by atoms with Crippen LogP contribution in [0.15, 0.2) is 24.3 Å². The van der Waals surface area contributed by atoms with Crippen molar-refractivity contribution in [2.45, 2.75) is 52.1 Å². The number of ether oxygens (including phenoxy) is 1. The largest absolute Gasteiger partial charge is 0.493 e. The number of aliphatic hydroxyl groups excluding tert-OH is 1. The zero-order valence-corrected chi connectivity index (χ0v) is 14.3. The third-order valence-corrected chi connectivity index (χ3v) is 3.91. The highest BCUT2D eigenvalue weighted by Crippen LogP contribution is 2.31. The molecule has 1 aliphatic heterocycles. The summed E-state index contributed by atoms with van der Waals surface area (Å²) in [5.41, 5.74) is 1.06. The van der Waals surface area contributed by atoms with Gasteiger partial charge in [0.25, 0.3) is 0 Å². The number of carbonyl (C=O) groups excluding carboxylic acids is 1. The van der Waals surface area contributed by atoms with E-state index in [-0.39, 0.29) is 30.1 Å². The van der Waals surface area contributed by atoms with E-state index in [1.54, 1.807) is 0 Å². The number of para-hydroxylation sites is 1. The molecule has 1 aliphatic rings. The van der Waals surface area contributed by atoms with Gasteiger partial charge in [0.2, 0.25) is 0 Å². The fourth-order valence-corrected chi connectivity index (χ4v) is 2.96. The van der Waals surface area contributed by atoms with Crippen LogP contribution in [0.1, 0.15) is 51.6 Å². The monoisotopic (exact) mass is 320 g/mol. The van der Waals surface area contributed by atoms with Crippen molar-refractivity contribution in [3.05, 3.63) is 29.8 Å². The lowest BCUT2D eigenvalue weighted by Crippen LogP contribution is -2.46. The molecule has 2 unspecified atom stereocenters. The van der Waals surface area contributed by atoms with Crippen molar-refractivity contribution >= 4 is 6.03 Å². The fourth-order valence-electron chi connectivity index (χ4n) is 2.96. The number of urea groups is 1. The number of hydrogen-bond donors (Lipinski definition) is 3. The molecule has 0 spiro atoms. The van der Waals surface area contributed by atoms with Crippen LogP contribution in [0.3, 0.4) is 0 Å². The summed E-state index contributed by atoms with van der Waals surface area (Å²) in [6.07, 6.45) is 2.46. The highest BCUT2D eigenvalue weighted by molar-refractivity contribution is 5.75. The number of fused-ring (bicyclic) bond motifs is 1. The van der Waals surface area contributed by atoms with E-state index >= 15 is 0 Å². The Morgan fingerprint density at radius 2 is 2.13 bits per heavy atom. The summed E-state index contributed by atoms with van der Waals surface area (Å²) in [4.78, 5) is 12.3. The van der Waals surface area contributed by atoms with Crippen LogP contribution in [0, 0.1) is 5.41 Å². The number of rotatable bonds is 4. The van der Waals surface area contributed by atoms with Crippen LogP contribution in [-0.4, -0.2) is 30.4 Å². The molecule has 23 heavy (non-hydrogen) atoms. The van der Waals surface area contributed by atoms with Crippen molar-refractivity contribution in [3.8, 4) is 5.75 Å². The molecule has 0 saturated heterocycles. The van der Waals surface area contributed by atoms with Gasteiger partial charge in [-0.25, -0.2) is 4.79 Å². The van der Waals surface area contributed by atoms with Gasteiger partial charge in [0.15, 0.2) is 0 Å². The highest BCUT2D eigenvalue weighted by Gasteiger charge is 2.24. The quantitative estimate of drug-likeness (QED) is 0.798. The average molecular weight is 320 g/mol. The summed E-state index contributed by atoms with van der Waals surface area (Å²) in [5, 5.41) is 15.4. The minimum absolute atomic E-state index is 0.0451. The topological polar surface area (TPSA) is 70.6 Å². The van der Waals surface area contributed by atoms with Gasteiger partial charge in [-0.15, -0.1) is 0 Å². The van der Waals surface area contributed by atoms with Crippen LogP contribution in [-0.2, 0) is 0 Å². The Bertz CT molecular complexity index is 525. The van der Waals surface area contributed by atoms with E-state index in [9.17, 15) is 9.90 Å². The Hall–Kier alpha value is -1.75. The van der Waals surface area contributed by atoms with Crippen molar-refractivity contribution in [2.75, 3.05) is 13.2 Å². The Balaban J connectivity index is 1.99.